The van der Waals surface area contributed by atoms with Crippen molar-refractivity contribution in [2.75, 3.05) is 6.61 Å². The van der Waals surface area contributed by atoms with E-state index in [1.165, 1.54) is 0 Å². The van der Waals surface area contributed by atoms with E-state index >= 15 is 0 Å². The van der Waals surface area contributed by atoms with Crippen molar-refractivity contribution in [3.8, 4) is 11.5 Å². The summed E-state index contributed by atoms with van der Waals surface area (Å²) in [7, 11) is 0. The van der Waals surface area contributed by atoms with Crippen molar-refractivity contribution in [3.05, 3.63) is 72.3 Å². The number of hydrogen-bond acceptors (Lipinski definition) is 3. The summed E-state index contributed by atoms with van der Waals surface area (Å²) >= 11 is 0. The molecule has 0 unspecified atom stereocenters. The van der Waals surface area contributed by atoms with Crippen LogP contribution in [0.2, 0.25) is 0 Å². The third-order valence-electron chi connectivity index (χ3n) is 3.81. The first-order valence-electron chi connectivity index (χ1n) is 8.21. The van der Waals surface area contributed by atoms with Gasteiger partial charge in [-0.25, -0.2) is 4.79 Å². The van der Waals surface area contributed by atoms with Crippen LogP contribution in [0.25, 0.3) is 10.8 Å². The van der Waals surface area contributed by atoms with Crippen molar-refractivity contribution < 1.29 is 14.3 Å². The molecular formula is C21H20O3. The van der Waals surface area contributed by atoms with E-state index in [9.17, 15) is 4.79 Å². The van der Waals surface area contributed by atoms with Crippen LogP contribution in [0.5, 0.6) is 11.5 Å². The number of carbonyl (C=O) groups is 1. The predicted molar refractivity (Wildman–Crippen MR) is 95.8 cm³/mol. The zero-order chi connectivity index (χ0) is 16.8. The van der Waals surface area contributed by atoms with Gasteiger partial charge < -0.3 is 9.47 Å². The molecule has 0 N–H and O–H groups in total. The Hall–Kier alpha value is -2.81. The van der Waals surface area contributed by atoms with Crippen molar-refractivity contribution >= 4 is 16.7 Å². The highest BCUT2D eigenvalue weighted by atomic mass is 16.5. The maximum atomic E-state index is 12.4. The summed E-state index contributed by atoms with van der Waals surface area (Å²) in [6.45, 7) is 2.81. The maximum Gasteiger partial charge on any atom is 0.343 e. The van der Waals surface area contributed by atoms with E-state index in [1.807, 2.05) is 42.5 Å². The second-order valence-electron chi connectivity index (χ2n) is 5.59. The van der Waals surface area contributed by atoms with E-state index < -0.39 is 0 Å². The van der Waals surface area contributed by atoms with E-state index in [-0.39, 0.29) is 5.97 Å². The van der Waals surface area contributed by atoms with E-state index in [0.29, 0.717) is 17.9 Å². The third kappa shape index (κ3) is 3.74. The zero-order valence-corrected chi connectivity index (χ0v) is 13.7. The second-order valence-corrected chi connectivity index (χ2v) is 5.59. The minimum Gasteiger partial charge on any atom is -0.494 e. The lowest BCUT2D eigenvalue weighted by molar-refractivity contribution is 0.0737. The monoisotopic (exact) mass is 320 g/mol. The fourth-order valence-electron chi connectivity index (χ4n) is 2.47. The summed E-state index contributed by atoms with van der Waals surface area (Å²) in [6.07, 6.45) is 2.11. The molecule has 0 saturated carbocycles. The topological polar surface area (TPSA) is 35.5 Å². The molecule has 0 amide bonds. The van der Waals surface area contributed by atoms with E-state index in [1.54, 1.807) is 24.3 Å². The quantitative estimate of drug-likeness (QED) is 0.354. The summed E-state index contributed by atoms with van der Waals surface area (Å²) in [5.41, 5.74) is 0.505. The normalized spacial score (nSPS) is 10.5. The Bertz CT molecular complexity index is 817. The number of benzene rings is 3. The lowest BCUT2D eigenvalue weighted by atomic mass is 10.1. The summed E-state index contributed by atoms with van der Waals surface area (Å²) in [5, 5.41) is 1.97. The molecule has 0 aliphatic rings. The van der Waals surface area contributed by atoms with Gasteiger partial charge in [0.1, 0.15) is 11.5 Å². The molecule has 0 spiro atoms. The maximum absolute atomic E-state index is 12.4. The summed E-state index contributed by atoms with van der Waals surface area (Å²) in [5.74, 6) is 0.970. The van der Waals surface area contributed by atoms with Gasteiger partial charge in [0.2, 0.25) is 0 Å². The Kier molecular flexibility index (Phi) is 5.12. The predicted octanol–water partition coefficient (Wildman–Crippen LogP) is 5.24. The highest BCUT2D eigenvalue weighted by Gasteiger charge is 2.11. The molecule has 3 nitrogen and oxygen atoms in total. The van der Waals surface area contributed by atoms with Crippen molar-refractivity contribution in [1.82, 2.24) is 0 Å². The van der Waals surface area contributed by atoms with Gasteiger partial charge in [-0.1, -0.05) is 49.7 Å². The van der Waals surface area contributed by atoms with Crippen LogP contribution in [0.1, 0.15) is 30.1 Å². The van der Waals surface area contributed by atoms with Gasteiger partial charge in [0.25, 0.3) is 0 Å². The van der Waals surface area contributed by atoms with Gasteiger partial charge in [-0.3, -0.25) is 0 Å². The number of rotatable bonds is 6. The van der Waals surface area contributed by atoms with Gasteiger partial charge >= 0.3 is 5.97 Å². The largest absolute Gasteiger partial charge is 0.494 e. The van der Waals surface area contributed by atoms with Crippen LogP contribution >= 0.6 is 0 Å². The van der Waals surface area contributed by atoms with Crippen molar-refractivity contribution in [2.45, 2.75) is 19.8 Å². The number of unbranched alkanes of at least 4 members (excludes halogenated alkanes) is 1. The van der Waals surface area contributed by atoms with Crippen molar-refractivity contribution in [2.24, 2.45) is 0 Å². The lowest BCUT2D eigenvalue weighted by Gasteiger charge is -2.09. The van der Waals surface area contributed by atoms with Crippen LogP contribution in [-0.4, -0.2) is 12.6 Å². The molecule has 0 aromatic heterocycles. The molecule has 3 aromatic carbocycles. The minimum atomic E-state index is -0.369. The molecule has 0 bridgehead atoms. The molecule has 0 aliphatic heterocycles. The fourth-order valence-corrected chi connectivity index (χ4v) is 2.47. The molecule has 0 fully saturated rings. The molecule has 0 radical (unpaired) electrons. The minimum absolute atomic E-state index is 0.369. The Morgan fingerprint density at radius 1 is 0.917 bits per heavy atom. The number of esters is 1. The van der Waals surface area contributed by atoms with Gasteiger partial charge in [-0.2, -0.15) is 0 Å². The summed E-state index contributed by atoms with van der Waals surface area (Å²) < 4.78 is 11.2. The molecule has 24 heavy (non-hydrogen) atoms. The Balaban J connectivity index is 1.72. The number of ether oxygens (including phenoxy) is 2. The van der Waals surface area contributed by atoms with Crippen LogP contribution in [0.3, 0.4) is 0 Å². The van der Waals surface area contributed by atoms with E-state index in [0.717, 1.165) is 29.4 Å². The summed E-state index contributed by atoms with van der Waals surface area (Å²) in [4.78, 5) is 12.4. The zero-order valence-electron chi connectivity index (χ0n) is 13.7. The average Bonchev–Trinajstić information content (AvgIpc) is 2.63. The average molecular weight is 320 g/mol. The highest BCUT2D eigenvalue weighted by molar-refractivity contribution is 5.95. The molecule has 3 aromatic rings. The van der Waals surface area contributed by atoms with E-state index in [4.69, 9.17) is 9.47 Å². The molecule has 0 atom stereocenters. The first kappa shape index (κ1) is 16.1. The molecule has 3 heteroatoms. The SMILES string of the molecule is CCCCOc1ccc(C(=O)Oc2cccc3ccccc23)cc1. The molecule has 0 saturated heterocycles. The molecule has 3 rings (SSSR count). The second kappa shape index (κ2) is 7.64. The smallest absolute Gasteiger partial charge is 0.343 e. The molecule has 122 valence electrons. The van der Waals surface area contributed by atoms with Crippen LogP contribution in [0, 0.1) is 0 Å². The van der Waals surface area contributed by atoms with Gasteiger partial charge in [0.15, 0.2) is 0 Å². The lowest BCUT2D eigenvalue weighted by Crippen LogP contribution is -2.08. The van der Waals surface area contributed by atoms with Gasteiger partial charge in [-0.15, -0.1) is 0 Å². The summed E-state index contributed by atoms with van der Waals surface area (Å²) in [6, 6.07) is 20.6. The van der Waals surface area contributed by atoms with Gasteiger partial charge in [0, 0.05) is 5.39 Å². The first-order chi connectivity index (χ1) is 11.8. The van der Waals surface area contributed by atoms with Gasteiger partial charge in [0.05, 0.1) is 12.2 Å². The molecule has 0 aliphatic carbocycles. The van der Waals surface area contributed by atoms with Crippen molar-refractivity contribution in [1.29, 1.82) is 0 Å². The molecule has 0 heterocycles. The van der Waals surface area contributed by atoms with Gasteiger partial charge in [-0.05, 0) is 42.1 Å². The van der Waals surface area contributed by atoms with Crippen molar-refractivity contribution in [3.63, 3.8) is 0 Å². The van der Waals surface area contributed by atoms with Crippen LogP contribution in [0.15, 0.2) is 66.7 Å². The third-order valence-corrected chi connectivity index (χ3v) is 3.81. The van der Waals surface area contributed by atoms with Crippen LogP contribution in [-0.2, 0) is 0 Å². The Labute approximate surface area is 141 Å². The highest BCUT2D eigenvalue weighted by Crippen LogP contribution is 2.26. The fraction of sp³-hybridized carbons (Fsp3) is 0.190. The van der Waals surface area contributed by atoms with E-state index in [2.05, 4.69) is 6.92 Å². The standard InChI is InChI=1S/C21H20O3/c1-2-3-15-23-18-13-11-17(12-14-18)21(22)24-20-10-6-8-16-7-4-5-9-19(16)20/h4-14H,2-3,15H2,1H3. The Morgan fingerprint density at radius 3 is 2.46 bits per heavy atom. The van der Waals surface area contributed by atoms with Crippen LogP contribution < -0.4 is 9.47 Å². The first-order valence-corrected chi connectivity index (χ1v) is 8.21. The number of fused-ring (bicyclic) bond motifs is 1. The Morgan fingerprint density at radius 2 is 1.67 bits per heavy atom. The number of hydrogen-bond donors (Lipinski definition) is 0. The van der Waals surface area contributed by atoms with Crippen LogP contribution in [0.4, 0.5) is 0 Å². The number of carbonyl (C=O) groups excluding carboxylic acids is 1. The molecular weight excluding hydrogens is 300 g/mol.